The maximum atomic E-state index is 12.4. The highest BCUT2D eigenvalue weighted by atomic mass is 32.1. The number of ether oxygens (including phenoxy) is 1. The van der Waals surface area contributed by atoms with Gasteiger partial charge in [-0.25, -0.2) is 15.0 Å². The maximum Gasteiger partial charge on any atom is 0.261 e. The maximum absolute atomic E-state index is 12.4. The van der Waals surface area contributed by atoms with E-state index in [1.165, 1.54) is 17.7 Å². The highest BCUT2D eigenvalue weighted by Crippen LogP contribution is 2.35. The molecule has 0 aliphatic carbocycles. The summed E-state index contributed by atoms with van der Waals surface area (Å²) in [6.45, 7) is 4.40. The lowest BCUT2D eigenvalue weighted by molar-refractivity contribution is 0.0948. The van der Waals surface area contributed by atoms with Crippen molar-refractivity contribution in [3.8, 4) is 5.88 Å². The number of anilines is 2. The molecular weight excluding hydrogens is 392 g/mol. The number of aliphatic hydroxyl groups excluding tert-OH is 1. The lowest BCUT2D eigenvalue weighted by atomic mass is 10.2. The predicted molar refractivity (Wildman–Crippen MR) is 113 cm³/mol. The van der Waals surface area contributed by atoms with Gasteiger partial charge in [-0.3, -0.25) is 4.79 Å². The Morgan fingerprint density at radius 1 is 1.38 bits per heavy atom. The van der Waals surface area contributed by atoms with Crippen molar-refractivity contribution in [2.24, 2.45) is 5.73 Å². The normalized spacial score (nSPS) is 12.0. The van der Waals surface area contributed by atoms with E-state index in [1.54, 1.807) is 12.3 Å². The topological polar surface area (TPSA) is 135 Å². The van der Waals surface area contributed by atoms with Crippen molar-refractivity contribution in [1.29, 1.82) is 0 Å². The number of rotatable bonds is 9. The molecule has 3 aromatic rings. The van der Waals surface area contributed by atoms with Gasteiger partial charge in [-0.05, 0) is 44.5 Å². The first-order chi connectivity index (χ1) is 14.0. The van der Waals surface area contributed by atoms with Crippen molar-refractivity contribution in [2.45, 2.75) is 26.4 Å². The van der Waals surface area contributed by atoms with Crippen LogP contribution in [0.1, 0.15) is 28.6 Å². The number of nitrogens with zero attached hydrogens (tertiary/aromatic N) is 3. The molecule has 1 atom stereocenters. The zero-order valence-electron chi connectivity index (χ0n) is 16.3. The first kappa shape index (κ1) is 20.9. The summed E-state index contributed by atoms with van der Waals surface area (Å²) in [4.78, 5) is 26.6. The van der Waals surface area contributed by atoms with Crippen LogP contribution in [-0.2, 0) is 0 Å². The van der Waals surface area contributed by atoms with E-state index in [9.17, 15) is 4.79 Å². The van der Waals surface area contributed by atoms with Crippen molar-refractivity contribution in [3.63, 3.8) is 0 Å². The molecule has 3 heterocycles. The van der Waals surface area contributed by atoms with E-state index >= 15 is 0 Å². The fraction of sp³-hybridized carbons (Fsp3) is 0.368. The molecule has 0 radical (unpaired) electrons. The monoisotopic (exact) mass is 416 g/mol. The number of thiophene rings is 1. The minimum Gasteiger partial charge on any atom is -0.473 e. The van der Waals surface area contributed by atoms with E-state index in [-0.39, 0.29) is 25.2 Å². The van der Waals surface area contributed by atoms with Crippen LogP contribution in [0.4, 0.5) is 11.5 Å². The Balaban J connectivity index is 1.94. The van der Waals surface area contributed by atoms with Crippen molar-refractivity contribution < 1.29 is 14.6 Å². The molecular formula is C19H24N6O3S. The number of nitrogens with one attached hydrogen (secondary N) is 2. The average Bonchev–Trinajstić information content (AvgIpc) is 3.05. The molecule has 29 heavy (non-hydrogen) atoms. The zero-order chi connectivity index (χ0) is 20.8. The number of aromatic nitrogens is 3. The molecule has 0 bridgehead atoms. The van der Waals surface area contributed by atoms with Gasteiger partial charge in [0.05, 0.1) is 23.0 Å². The average molecular weight is 417 g/mol. The fourth-order valence-corrected chi connectivity index (χ4v) is 3.89. The summed E-state index contributed by atoms with van der Waals surface area (Å²) in [5.41, 5.74) is 7.03. The van der Waals surface area contributed by atoms with E-state index in [1.807, 2.05) is 19.9 Å². The second-order valence-electron chi connectivity index (χ2n) is 6.43. The summed E-state index contributed by atoms with van der Waals surface area (Å²) in [6.07, 6.45) is 3.74. The summed E-state index contributed by atoms with van der Waals surface area (Å²) in [5, 5.41) is 15.6. The van der Waals surface area contributed by atoms with Crippen LogP contribution in [0.5, 0.6) is 5.88 Å². The number of nitrogens with two attached hydrogens (primary N) is 1. The fourth-order valence-electron chi connectivity index (χ4n) is 2.82. The Hall–Kier alpha value is -2.82. The number of carbonyl (C=O) groups is 1. The molecule has 0 saturated carbocycles. The van der Waals surface area contributed by atoms with Gasteiger partial charge in [-0.1, -0.05) is 0 Å². The molecule has 0 aliphatic heterocycles. The third kappa shape index (κ3) is 4.78. The molecule has 10 heteroatoms. The molecule has 0 spiro atoms. The molecule has 154 valence electrons. The number of aliphatic hydroxyl groups is 1. The first-order valence-corrected chi connectivity index (χ1v) is 10.1. The number of pyridine rings is 1. The van der Waals surface area contributed by atoms with E-state index < -0.39 is 0 Å². The van der Waals surface area contributed by atoms with E-state index in [2.05, 4.69) is 25.6 Å². The lowest BCUT2D eigenvalue weighted by Crippen LogP contribution is -2.26. The number of hydrogen-bond acceptors (Lipinski definition) is 9. The van der Waals surface area contributed by atoms with Gasteiger partial charge in [0.15, 0.2) is 0 Å². The zero-order valence-corrected chi connectivity index (χ0v) is 17.1. The second kappa shape index (κ2) is 9.59. The van der Waals surface area contributed by atoms with Gasteiger partial charge in [0.2, 0.25) is 5.88 Å². The Labute approximate surface area is 172 Å². The number of amides is 1. The van der Waals surface area contributed by atoms with E-state index in [0.29, 0.717) is 40.1 Å². The van der Waals surface area contributed by atoms with Crippen molar-refractivity contribution >= 4 is 39.0 Å². The molecule has 0 aromatic carbocycles. The summed E-state index contributed by atoms with van der Waals surface area (Å²) in [7, 11) is 0. The molecule has 1 amide bonds. The Morgan fingerprint density at radius 3 is 2.97 bits per heavy atom. The second-order valence-corrected chi connectivity index (χ2v) is 7.42. The number of fused-ring (bicyclic) bond motifs is 1. The van der Waals surface area contributed by atoms with Crippen molar-refractivity contribution in [2.75, 3.05) is 25.0 Å². The molecule has 1 unspecified atom stereocenters. The van der Waals surface area contributed by atoms with Crippen LogP contribution in [-0.4, -0.2) is 51.8 Å². The summed E-state index contributed by atoms with van der Waals surface area (Å²) in [5.74, 6) is 0.773. The quantitative estimate of drug-likeness (QED) is 0.416. The number of aryl methyl sites for hydroxylation is 1. The van der Waals surface area contributed by atoms with Crippen LogP contribution < -0.4 is 21.1 Å². The van der Waals surface area contributed by atoms with Crippen LogP contribution >= 0.6 is 11.3 Å². The standard InChI is InChI=1S/C19H24N6O3S/c1-11(5-6-20)28-18-13(4-3-7-22-18)25-16-14-12(2)15(17(27)21-8-9-26)29-19(14)24-10-23-16/h3-4,7,10-11,26H,5-6,8-9,20H2,1-2H3,(H,21,27)(H,23,24,25). The smallest absolute Gasteiger partial charge is 0.261 e. The number of carbonyl (C=O) groups excluding carboxylic acids is 1. The summed E-state index contributed by atoms with van der Waals surface area (Å²) in [6, 6.07) is 3.65. The molecule has 3 rings (SSSR count). The third-order valence-corrected chi connectivity index (χ3v) is 5.44. The van der Waals surface area contributed by atoms with Crippen LogP contribution in [0.25, 0.3) is 10.2 Å². The Kier molecular flexibility index (Phi) is 6.91. The number of hydrogen-bond donors (Lipinski definition) is 4. The lowest BCUT2D eigenvalue weighted by Gasteiger charge is -2.16. The molecule has 9 nitrogen and oxygen atoms in total. The Bertz CT molecular complexity index is 993. The minimum absolute atomic E-state index is 0.0782. The first-order valence-electron chi connectivity index (χ1n) is 9.27. The van der Waals surface area contributed by atoms with Crippen LogP contribution in [0.3, 0.4) is 0 Å². The van der Waals surface area contributed by atoms with E-state index in [0.717, 1.165) is 10.9 Å². The molecule has 3 aromatic heterocycles. The Morgan fingerprint density at radius 2 is 2.21 bits per heavy atom. The van der Waals surface area contributed by atoms with Gasteiger partial charge in [-0.15, -0.1) is 11.3 Å². The molecule has 0 saturated heterocycles. The highest BCUT2D eigenvalue weighted by Gasteiger charge is 2.20. The summed E-state index contributed by atoms with van der Waals surface area (Å²) < 4.78 is 5.91. The van der Waals surface area contributed by atoms with Crippen molar-refractivity contribution in [3.05, 3.63) is 35.1 Å². The molecule has 0 fully saturated rings. The molecule has 0 aliphatic rings. The van der Waals surface area contributed by atoms with Crippen LogP contribution in [0.2, 0.25) is 0 Å². The van der Waals surface area contributed by atoms with Crippen LogP contribution in [0.15, 0.2) is 24.7 Å². The SMILES string of the molecule is Cc1c(C(=O)NCCO)sc2ncnc(Nc3cccnc3OC(C)CCN)c12. The van der Waals surface area contributed by atoms with Crippen molar-refractivity contribution in [1.82, 2.24) is 20.3 Å². The largest absolute Gasteiger partial charge is 0.473 e. The van der Waals surface area contributed by atoms with Gasteiger partial charge in [0, 0.05) is 12.7 Å². The van der Waals surface area contributed by atoms with Gasteiger partial charge < -0.3 is 26.2 Å². The van der Waals surface area contributed by atoms with Gasteiger partial charge in [-0.2, -0.15) is 0 Å². The van der Waals surface area contributed by atoms with E-state index in [4.69, 9.17) is 15.6 Å². The predicted octanol–water partition coefficient (Wildman–Crippen LogP) is 1.98. The third-order valence-electron chi connectivity index (χ3n) is 4.24. The van der Waals surface area contributed by atoms with Gasteiger partial charge >= 0.3 is 0 Å². The van der Waals surface area contributed by atoms with Gasteiger partial charge in [0.1, 0.15) is 22.7 Å². The van der Waals surface area contributed by atoms with Crippen LogP contribution in [0, 0.1) is 6.92 Å². The van der Waals surface area contributed by atoms with Gasteiger partial charge in [0.25, 0.3) is 5.91 Å². The molecule has 5 N–H and O–H groups in total. The highest BCUT2D eigenvalue weighted by molar-refractivity contribution is 7.20. The summed E-state index contributed by atoms with van der Waals surface area (Å²) >= 11 is 1.28. The minimum atomic E-state index is -0.244.